The zero-order chi connectivity index (χ0) is 40.8. The molecule has 0 bridgehead atoms. The van der Waals surface area contributed by atoms with Crippen LogP contribution in [0.15, 0.2) is 151 Å². The van der Waals surface area contributed by atoms with Crippen LogP contribution < -0.4 is 0 Å². The van der Waals surface area contributed by atoms with Crippen molar-refractivity contribution in [3.8, 4) is 56.4 Å². The third kappa shape index (κ3) is 4.68. The van der Waals surface area contributed by atoms with Crippen molar-refractivity contribution in [2.24, 2.45) is 0 Å². The molecule has 0 atom stereocenters. The van der Waals surface area contributed by atoms with Gasteiger partial charge in [-0.2, -0.15) is 0 Å². The average molecular weight is 582 g/mol. The monoisotopic (exact) mass is 581 g/mol. The number of nitrogens with zero attached hydrogens (tertiary/aromatic N) is 3. The fraction of sp³-hybridized carbons (Fsp3) is 0. The van der Waals surface area contributed by atoms with E-state index in [9.17, 15) is 1.37 Å². The predicted octanol–water partition coefficient (Wildman–Crippen LogP) is 10.6. The van der Waals surface area contributed by atoms with Crippen molar-refractivity contribution in [2.75, 3.05) is 0 Å². The second-order valence-corrected chi connectivity index (χ2v) is 10.4. The zero-order valence-corrected chi connectivity index (χ0v) is 22.9. The molecule has 0 aliphatic carbocycles. The fourth-order valence-electron chi connectivity index (χ4n) is 4.89. The molecule has 2 heterocycles. The summed E-state index contributed by atoms with van der Waals surface area (Å²) in [5.41, 5.74) is 0.951. The van der Waals surface area contributed by atoms with Crippen molar-refractivity contribution < 1.29 is 19.2 Å². The van der Waals surface area contributed by atoms with E-state index in [-0.39, 0.29) is 5.56 Å². The zero-order valence-electron chi connectivity index (χ0n) is 36.1. The quantitative estimate of drug-likeness (QED) is 0.203. The molecule has 0 aliphatic heterocycles. The predicted molar refractivity (Wildman–Crippen MR) is 180 cm³/mol. The second-order valence-electron chi connectivity index (χ2n) is 9.39. The van der Waals surface area contributed by atoms with Crippen molar-refractivity contribution in [1.29, 1.82) is 0 Å². The van der Waals surface area contributed by atoms with E-state index in [2.05, 4.69) is 15.0 Å². The summed E-state index contributed by atoms with van der Waals surface area (Å²) >= 11 is 1.45. The minimum atomic E-state index is -0.721. The Kier molecular flexibility index (Phi) is 3.66. The summed E-state index contributed by atoms with van der Waals surface area (Å²) in [6, 6.07) is 11.9. The number of aromatic nitrogens is 3. The average Bonchev–Trinajstić information content (AvgIpc) is 3.60. The molecule has 4 heteroatoms. The molecule has 8 rings (SSSR count). The van der Waals surface area contributed by atoms with E-state index in [1.807, 2.05) is 54.6 Å². The van der Waals surface area contributed by atoms with Crippen molar-refractivity contribution in [2.45, 2.75) is 0 Å². The normalized spacial score (nSPS) is 15.8. The Bertz CT molecular complexity index is 2880. The molecule has 0 saturated carbocycles. The summed E-state index contributed by atoms with van der Waals surface area (Å²) in [4.78, 5) is 13.1. The Hall–Kier alpha value is -5.45. The van der Waals surface area contributed by atoms with Crippen molar-refractivity contribution in [3.05, 3.63) is 151 Å². The molecule has 0 amide bonds. The third-order valence-electron chi connectivity index (χ3n) is 6.81. The Balaban J connectivity index is 1.45. The van der Waals surface area contributed by atoms with Crippen LogP contribution in [-0.2, 0) is 0 Å². The lowest BCUT2D eigenvalue weighted by Crippen LogP contribution is -2.00. The van der Waals surface area contributed by atoms with Crippen LogP contribution in [0, 0.1) is 0 Å². The highest BCUT2D eigenvalue weighted by molar-refractivity contribution is 7.26. The molecular weight excluding hydrogens is 543 g/mol. The van der Waals surface area contributed by atoms with E-state index < -0.39 is 119 Å². The van der Waals surface area contributed by atoms with E-state index in [1.54, 1.807) is 12.1 Å². The molecule has 0 unspecified atom stereocenters. The molecule has 0 aliphatic rings. The standard InChI is InChI=1S/C39H25N3S/c1-4-13-26(14-5-1)31-21-11-23-33-34-24-12-22-32(36(34)43-35(31)33)29-19-10-20-30(25-29)39-41-37(27-15-6-2-7-16-27)40-38(42-39)28-17-8-3-9-18-28/h1-25H/i2D,3D,6D,7D,8D,9D,10D,15D,16D,17D,18D,19D,20D,25D. The lowest BCUT2D eigenvalue weighted by atomic mass is 9.99. The van der Waals surface area contributed by atoms with Gasteiger partial charge in [0.2, 0.25) is 0 Å². The summed E-state index contributed by atoms with van der Waals surface area (Å²) in [5, 5.41) is 1.77. The SMILES string of the molecule is [2H]c1c([2H])c([2H])c(-c2nc(-c3c([2H])c([2H])c([2H])c([2H])c3[2H])nc(-c3c([2H])c([2H])c([2H])c(-c4cccc5c4sc4c(-c6ccccc6)cccc45)c3[2H])n2)c([2H])c1[2H]. The summed E-state index contributed by atoms with van der Waals surface area (Å²) in [6.45, 7) is 0. The van der Waals surface area contributed by atoms with Gasteiger partial charge in [-0.15, -0.1) is 11.3 Å². The molecule has 202 valence electrons. The highest BCUT2D eigenvalue weighted by Crippen LogP contribution is 2.44. The van der Waals surface area contributed by atoms with Crippen molar-refractivity contribution >= 4 is 31.5 Å². The van der Waals surface area contributed by atoms with Crippen LogP contribution in [0.25, 0.3) is 76.6 Å². The van der Waals surface area contributed by atoms with E-state index in [0.717, 1.165) is 26.6 Å². The molecule has 0 N–H and O–H groups in total. The molecule has 0 saturated heterocycles. The second kappa shape index (κ2) is 10.8. The first-order valence-electron chi connectivity index (χ1n) is 20.1. The van der Waals surface area contributed by atoms with Crippen LogP contribution in [0.2, 0.25) is 0 Å². The highest BCUT2D eigenvalue weighted by atomic mass is 32.1. The van der Waals surface area contributed by atoms with Gasteiger partial charge >= 0.3 is 0 Å². The minimum absolute atomic E-state index is 0.0291. The Morgan fingerprint density at radius 1 is 0.419 bits per heavy atom. The largest absolute Gasteiger partial charge is 0.208 e. The maximum absolute atomic E-state index is 9.56. The lowest BCUT2D eigenvalue weighted by molar-refractivity contribution is 1.07. The van der Waals surface area contributed by atoms with Gasteiger partial charge in [0.25, 0.3) is 0 Å². The van der Waals surface area contributed by atoms with E-state index >= 15 is 0 Å². The summed E-state index contributed by atoms with van der Waals surface area (Å²) in [5.74, 6) is -1.66. The summed E-state index contributed by atoms with van der Waals surface area (Å²) in [6.07, 6.45) is 0. The Morgan fingerprint density at radius 2 is 0.907 bits per heavy atom. The van der Waals surface area contributed by atoms with Crippen LogP contribution in [-0.4, -0.2) is 15.0 Å². The maximum Gasteiger partial charge on any atom is 0.164 e. The first-order valence-corrected chi connectivity index (χ1v) is 14.0. The van der Waals surface area contributed by atoms with Gasteiger partial charge in [0.1, 0.15) is 0 Å². The minimum Gasteiger partial charge on any atom is -0.208 e. The van der Waals surface area contributed by atoms with Gasteiger partial charge in [0, 0.05) is 36.9 Å². The van der Waals surface area contributed by atoms with Gasteiger partial charge in [-0.1, -0.05) is 145 Å². The van der Waals surface area contributed by atoms with E-state index in [0.29, 0.717) is 10.3 Å². The number of hydrogen-bond acceptors (Lipinski definition) is 4. The van der Waals surface area contributed by atoms with Crippen LogP contribution >= 0.6 is 11.3 Å². The van der Waals surface area contributed by atoms with Gasteiger partial charge in [0.05, 0.1) is 19.2 Å². The lowest BCUT2D eigenvalue weighted by Gasteiger charge is -2.10. The first-order chi connectivity index (χ1) is 27.1. The molecule has 8 aromatic rings. The van der Waals surface area contributed by atoms with Crippen LogP contribution in [0.5, 0.6) is 0 Å². The molecule has 6 aromatic carbocycles. The summed E-state index contributed by atoms with van der Waals surface area (Å²) in [7, 11) is 0. The molecule has 0 fully saturated rings. The van der Waals surface area contributed by atoms with Gasteiger partial charge in [-0.25, -0.2) is 15.0 Å². The molecular formula is C39H25N3S. The van der Waals surface area contributed by atoms with Gasteiger partial charge in [-0.3, -0.25) is 0 Å². The fourth-order valence-corrected chi connectivity index (χ4v) is 6.24. The maximum atomic E-state index is 9.56. The Morgan fingerprint density at radius 3 is 1.49 bits per heavy atom. The number of rotatable bonds is 5. The van der Waals surface area contributed by atoms with Crippen LogP contribution in [0.4, 0.5) is 0 Å². The molecule has 0 radical (unpaired) electrons. The Labute approximate surface area is 273 Å². The smallest absolute Gasteiger partial charge is 0.164 e. The summed E-state index contributed by atoms with van der Waals surface area (Å²) < 4.78 is 122. The molecule has 0 spiro atoms. The van der Waals surface area contributed by atoms with E-state index in [4.69, 9.17) is 17.8 Å². The highest BCUT2D eigenvalue weighted by Gasteiger charge is 2.16. The van der Waals surface area contributed by atoms with E-state index in [1.165, 1.54) is 11.3 Å². The number of hydrogen-bond donors (Lipinski definition) is 0. The van der Waals surface area contributed by atoms with Crippen molar-refractivity contribution in [3.63, 3.8) is 0 Å². The van der Waals surface area contributed by atoms with Gasteiger partial charge in [0.15, 0.2) is 17.5 Å². The number of benzene rings is 6. The molecule has 43 heavy (non-hydrogen) atoms. The molecule has 2 aromatic heterocycles. The van der Waals surface area contributed by atoms with Crippen LogP contribution in [0.3, 0.4) is 0 Å². The number of thiophene rings is 1. The van der Waals surface area contributed by atoms with Crippen molar-refractivity contribution in [1.82, 2.24) is 15.0 Å². The third-order valence-corrected chi connectivity index (χ3v) is 8.10. The van der Waals surface area contributed by atoms with Gasteiger partial charge < -0.3 is 0 Å². The number of fused-ring (bicyclic) bond motifs is 3. The molecule has 3 nitrogen and oxygen atoms in total. The first kappa shape index (κ1) is 14.6. The van der Waals surface area contributed by atoms with Gasteiger partial charge in [-0.05, 0) is 28.3 Å². The van der Waals surface area contributed by atoms with Crippen LogP contribution in [0.1, 0.15) is 19.2 Å². The topological polar surface area (TPSA) is 38.7 Å².